The summed E-state index contributed by atoms with van der Waals surface area (Å²) in [5.74, 6) is 0.935. The maximum atomic E-state index is 5.53. The van der Waals surface area contributed by atoms with E-state index in [9.17, 15) is 0 Å². The fraction of sp³-hybridized carbons (Fsp3) is 0.952. The molecule has 146 valence electrons. The maximum absolute atomic E-state index is 5.53. The number of hydrogen-bond donors (Lipinski definition) is 0. The van der Waals surface area contributed by atoms with Crippen LogP contribution >= 0.6 is 0 Å². The molecule has 0 spiro atoms. The van der Waals surface area contributed by atoms with Gasteiger partial charge in [-0.1, -0.05) is 72.1 Å². The summed E-state index contributed by atoms with van der Waals surface area (Å²) in [7, 11) is 1.75. The number of nitrogens with zero attached hydrogens (tertiary/aromatic N) is 1. The zero-order valence-corrected chi connectivity index (χ0v) is 17.5. The van der Waals surface area contributed by atoms with Gasteiger partial charge < -0.3 is 14.5 Å². The quantitative estimate of drug-likeness (QED) is 0.525. The van der Waals surface area contributed by atoms with Crippen LogP contribution in [0.3, 0.4) is 0 Å². The van der Waals surface area contributed by atoms with Crippen molar-refractivity contribution in [3.8, 4) is 0 Å². The molecule has 1 fully saturated rings. The van der Waals surface area contributed by atoms with Gasteiger partial charge in [0, 0.05) is 20.3 Å². The van der Waals surface area contributed by atoms with Crippen LogP contribution in [0.5, 0.6) is 0 Å². The third kappa shape index (κ3) is 23.9. The van der Waals surface area contributed by atoms with Gasteiger partial charge in [0.15, 0.2) is 6.29 Å². The predicted octanol–water partition coefficient (Wildman–Crippen LogP) is 6.65. The summed E-state index contributed by atoms with van der Waals surface area (Å²) in [5.41, 5.74) is 0. The van der Waals surface area contributed by atoms with E-state index in [0.29, 0.717) is 0 Å². The Bertz CT molecular complexity index is 222. The molecule has 1 rings (SSSR count). The van der Waals surface area contributed by atoms with Gasteiger partial charge in [0.25, 0.3) is 0 Å². The molecule has 0 aromatic rings. The molecular weight excluding hydrogens is 298 g/mol. The Hall–Kier alpha value is -0.410. The highest BCUT2D eigenvalue weighted by molar-refractivity contribution is 5.52. The Labute approximate surface area is 152 Å². The first-order valence-corrected chi connectivity index (χ1v) is 10.2. The number of hydrogen-bond acceptors (Lipinski definition) is 3. The number of ether oxygens (including phenoxy) is 2. The molecule has 0 aromatic carbocycles. The Morgan fingerprint density at radius 1 is 0.875 bits per heavy atom. The van der Waals surface area contributed by atoms with E-state index >= 15 is 0 Å². The first-order chi connectivity index (χ1) is 11.6. The first kappa shape index (κ1) is 25.8. The van der Waals surface area contributed by atoms with Crippen molar-refractivity contribution in [2.45, 2.75) is 105 Å². The lowest BCUT2D eigenvalue weighted by atomic mass is 10.1. The zero-order valence-electron chi connectivity index (χ0n) is 17.5. The minimum atomic E-state index is -0.00393. The van der Waals surface area contributed by atoms with Crippen LogP contribution < -0.4 is 0 Å². The molecule has 0 aliphatic carbocycles. The predicted molar refractivity (Wildman–Crippen MR) is 108 cm³/mol. The molecule has 24 heavy (non-hydrogen) atoms. The van der Waals surface area contributed by atoms with Crippen LogP contribution in [0.2, 0.25) is 0 Å². The topological polar surface area (TPSA) is 30.8 Å². The molecule has 1 saturated heterocycles. The third-order valence-corrected chi connectivity index (χ3v) is 4.40. The Morgan fingerprint density at radius 3 is 1.46 bits per heavy atom. The Balaban J connectivity index is 0. The molecule has 0 atom stereocenters. The van der Waals surface area contributed by atoms with Gasteiger partial charge in [-0.25, -0.2) is 0 Å². The van der Waals surface area contributed by atoms with Gasteiger partial charge in [0.2, 0.25) is 0 Å². The fourth-order valence-corrected chi connectivity index (χ4v) is 2.10. The van der Waals surface area contributed by atoms with Crippen LogP contribution in [0.15, 0.2) is 4.99 Å². The second-order valence-corrected chi connectivity index (χ2v) is 6.58. The monoisotopic (exact) mass is 343 g/mol. The van der Waals surface area contributed by atoms with Gasteiger partial charge in [-0.05, 0) is 38.8 Å². The van der Waals surface area contributed by atoms with Gasteiger partial charge in [0.1, 0.15) is 0 Å². The van der Waals surface area contributed by atoms with E-state index in [1.54, 1.807) is 13.3 Å². The van der Waals surface area contributed by atoms with E-state index < -0.39 is 0 Å². The van der Waals surface area contributed by atoms with Gasteiger partial charge in [-0.3, -0.25) is 0 Å². The lowest BCUT2D eigenvalue weighted by molar-refractivity contribution is -0.131. The van der Waals surface area contributed by atoms with Crippen molar-refractivity contribution in [1.82, 2.24) is 0 Å². The van der Waals surface area contributed by atoms with Crippen molar-refractivity contribution in [1.29, 1.82) is 0 Å². The van der Waals surface area contributed by atoms with Gasteiger partial charge in [0.05, 0.1) is 0 Å². The minimum absolute atomic E-state index is 0.00393. The van der Waals surface area contributed by atoms with Crippen molar-refractivity contribution in [2.75, 3.05) is 20.3 Å². The molecule has 1 aliphatic rings. The molecule has 0 radical (unpaired) electrons. The summed E-state index contributed by atoms with van der Waals surface area (Å²) in [6.07, 6.45) is 15.0. The Morgan fingerprint density at radius 2 is 1.21 bits per heavy atom. The summed E-state index contributed by atoms with van der Waals surface area (Å²) in [5, 5.41) is 0. The van der Waals surface area contributed by atoms with Crippen molar-refractivity contribution < 1.29 is 9.47 Å². The van der Waals surface area contributed by atoms with Crippen LogP contribution in [0.25, 0.3) is 0 Å². The molecule has 0 unspecified atom stereocenters. The summed E-state index contributed by atoms with van der Waals surface area (Å²) >= 11 is 0. The first-order valence-electron chi connectivity index (χ1n) is 10.2. The lowest BCUT2D eigenvalue weighted by Gasteiger charge is -2.13. The molecule has 0 bridgehead atoms. The van der Waals surface area contributed by atoms with Crippen molar-refractivity contribution >= 4 is 6.21 Å². The van der Waals surface area contributed by atoms with E-state index in [-0.39, 0.29) is 6.29 Å². The third-order valence-electron chi connectivity index (χ3n) is 4.40. The van der Waals surface area contributed by atoms with E-state index in [1.165, 1.54) is 64.2 Å². The average molecular weight is 344 g/mol. The molecule has 0 saturated carbocycles. The van der Waals surface area contributed by atoms with Gasteiger partial charge >= 0.3 is 0 Å². The molecule has 3 heteroatoms. The summed E-state index contributed by atoms with van der Waals surface area (Å²) < 4.78 is 11.1. The van der Waals surface area contributed by atoms with E-state index in [2.05, 4.69) is 25.8 Å². The summed E-state index contributed by atoms with van der Waals surface area (Å²) in [6.45, 7) is 12.4. The normalized spacial score (nSPS) is 18.5. The van der Waals surface area contributed by atoms with Crippen molar-refractivity contribution in [3.05, 3.63) is 0 Å². The molecule has 1 heterocycles. The van der Waals surface area contributed by atoms with Crippen LogP contribution in [0.1, 0.15) is 98.8 Å². The van der Waals surface area contributed by atoms with Crippen LogP contribution in [-0.4, -0.2) is 32.8 Å². The molecule has 3 nitrogen and oxygen atoms in total. The second-order valence-electron chi connectivity index (χ2n) is 6.58. The highest BCUT2D eigenvalue weighted by atomic mass is 16.7. The molecule has 0 N–H and O–H groups in total. The fourth-order valence-electron chi connectivity index (χ4n) is 2.10. The SMILES string of the molecule is CC1OCCCCCCCCCCO1.CC=NC.CCC(C)CC. The molecule has 0 aromatic heterocycles. The lowest BCUT2D eigenvalue weighted by Crippen LogP contribution is -2.14. The zero-order chi connectivity index (χ0) is 18.5. The van der Waals surface area contributed by atoms with Crippen LogP contribution in [-0.2, 0) is 9.47 Å². The largest absolute Gasteiger partial charge is 0.353 e. The number of aliphatic imine (C=N–C) groups is 1. The van der Waals surface area contributed by atoms with E-state index in [4.69, 9.17) is 9.47 Å². The minimum Gasteiger partial charge on any atom is -0.353 e. The number of rotatable bonds is 2. The smallest absolute Gasteiger partial charge is 0.154 e. The summed E-state index contributed by atoms with van der Waals surface area (Å²) in [6, 6.07) is 0. The average Bonchev–Trinajstić information content (AvgIpc) is 2.64. The molecule has 0 amide bonds. The molecule has 1 aliphatic heterocycles. The van der Waals surface area contributed by atoms with Crippen molar-refractivity contribution in [2.24, 2.45) is 10.9 Å². The van der Waals surface area contributed by atoms with E-state index in [0.717, 1.165) is 19.1 Å². The van der Waals surface area contributed by atoms with Crippen molar-refractivity contribution in [3.63, 3.8) is 0 Å². The van der Waals surface area contributed by atoms with Gasteiger partial charge in [-0.2, -0.15) is 0 Å². The van der Waals surface area contributed by atoms with Crippen LogP contribution in [0.4, 0.5) is 0 Å². The Kier molecular flexibility index (Phi) is 24.3. The standard InChI is InChI=1S/C12H24O2.C6H14.C3H7N/c1-12-13-10-8-6-4-2-3-5-7-9-11-14-12;1-4-6(3)5-2;1-3-4-2/h12H,2-11H2,1H3;6H,4-5H2,1-3H3;3H,1-2H3. The maximum Gasteiger partial charge on any atom is 0.154 e. The van der Waals surface area contributed by atoms with E-state index in [1.807, 2.05) is 13.8 Å². The molecular formula is C21H45NO2. The summed E-state index contributed by atoms with van der Waals surface area (Å²) in [4.78, 5) is 3.61. The van der Waals surface area contributed by atoms with Crippen LogP contribution in [0, 0.1) is 5.92 Å². The highest BCUT2D eigenvalue weighted by Crippen LogP contribution is 2.10. The second kappa shape index (κ2) is 22.6. The van der Waals surface area contributed by atoms with Gasteiger partial charge in [-0.15, -0.1) is 0 Å². The highest BCUT2D eigenvalue weighted by Gasteiger charge is 2.02.